The molecule has 0 aromatic heterocycles. The van der Waals surface area contributed by atoms with E-state index in [1.807, 2.05) is 0 Å². The molecule has 3 nitrogen and oxygen atoms in total. The molecule has 2 N–H and O–H groups in total. The van der Waals surface area contributed by atoms with E-state index in [4.69, 9.17) is 5.73 Å². The van der Waals surface area contributed by atoms with Gasteiger partial charge in [-0.25, -0.2) is 0 Å². The van der Waals surface area contributed by atoms with Crippen LogP contribution in [0.5, 0.6) is 0 Å². The highest BCUT2D eigenvalue weighted by atomic mass is 15.3. The van der Waals surface area contributed by atoms with Gasteiger partial charge in [0.05, 0.1) is 0 Å². The molecule has 2 heterocycles. The van der Waals surface area contributed by atoms with Crippen molar-refractivity contribution in [1.29, 1.82) is 0 Å². The molecule has 0 radical (unpaired) electrons. The van der Waals surface area contributed by atoms with Crippen LogP contribution >= 0.6 is 0 Å². The van der Waals surface area contributed by atoms with E-state index in [9.17, 15) is 0 Å². The largest absolute Gasteiger partial charge is 0.327 e. The van der Waals surface area contributed by atoms with Crippen molar-refractivity contribution in [2.24, 2.45) is 11.7 Å². The SMILES string of the molecule is CCN1CC(N2CCC(N)C(C)C2)C1. The Balaban J connectivity index is 1.78. The van der Waals surface area contributed by atoms with Crippen molar-refractivity contribution in [2.45, 2.75) is 32.4 Å². The Morgan fingerprint density at radius 1 is 1.29 bits per heavy atom. The highest BCUT2D eigenvalue weighted by molar-refractivity contribution is 4.91. The van der Waals surface area contributed by atoms with Gasteiger partial charge in [0, 0.05) is 38.3 Å². The van der Waals surface area contributed by atoms with Crippen LogP contribution in [0.1, 0.15) is 20.3 Å². The molecule has 2 unspecified atom stereocenters. The van der Waals surface area contributed by atoms with E-state index in [1.165, 1.54) is 39.1 Å². The van der Waals surface area contributed by atoms with Crippen LogP contribution in [-0.4, -0.2) is 54.6 Å². The Morgan fingerprint density at radius 2 is 2.00 bits per heavy atom. The van der Waals surface area contributed by atoms with Gasteiger partial charge in [0.15, 0.2) is 0 Å². The third-order valence-electron chi connectivity index (χ3n) is 3.90. The Kier molecular flexibility index (Phi) is 3.10. The average molecular weight is 197 g/mol. The lowest BCUT2D eigenvalue weighted by Gasteiger charge is -2.48. The van der Waals surface area contributed by atoms with Gasteiger partial charge in [0.2, 0.25) is 0 Å². The van der Waals surface area contributed by atoms with Gasteiger partial charge in [-0.05, 0) is 18.9 Å². The molecule has 14 heavy (non-hydrogen) atoms. The number of hydrogen-bond donors (Lipinski definition) is 1. The highest BCUT2D eigenvalue weighted by Crippen LogP contribution is 2.21. The Hall–Kier alpha value is -0.120. The molecule has 0 aliphatic carbocycles. The molecule has 2 atom stereocenters. The van der Waals surface area contributed by atoms with Crippen molar-refractivity contribution in [3.05, 3.63) is 0 Å². The molecule has 0 bridgehead atoms. The first-order chi connectivity index (χ1) is 6.70. The third-order valence-corrected chi connectivity index (χ3v) is 3.90. The van der Waals surface area contributed by atoms with Crippen LogP contribution < -0.4 is 5.73 Å². The van der Waals surface area contributed by atoms with Gasteiger partial charge < -0.3 is 10.6 Å². The Morgan fingerprint density at radius 3 is 2.57 bits per heavy atom. The van der Waals surface area contributed by atoms with Crippen LogP contribution in [0.4, 0.5) is 0 Å². The predicted molar refractivity (Wildman–Crippen MR) is 59.2 cm³/mol. The molecule has 2 aliphatic rings. The summed E-state index contributed by atoms with van der Waals surface area (Å²) in [4.78, 5) is 5.14. The summed E-state index contributed by atoms with van der Waals surface area (Å²) in [7, 11) is 0. The maximum Gasteiger partial charge on any atom is 0.0350 e. The summed E-state index contributed by atoms with van der Waals surface area (Å²) in [6.45, 7) is 10.7. The lowest BCUT2D eigenvalue weighted by molar-refractivity contribution is 0.0109. The fraction of sp³-hybridized carbons (Fsp3) is 1.00. The summed E-state index contributed by atoms with van der Waals surface area (Å²) in [5.41, 5.74) is 6.02. The van der Waals surface area contributed by atoms with E-state index < -0.39 is 0 Å². The van der Waals surface area contributed by atoms with Crippen molar-refractivity contribution in [2.75, 3.05) is 32.7 Å². The smallest absolute Gasteiger partial charge is 0.0350 e. The van der Waals surface area contributed by atoms with Gasteiger partial charge in [0.1, 0.15) is 0 Å². The van der Waals surface area contributed by atoms with Gasteiger partial charge >= 0.3 is 0 Å². The molecule has 2 aliphatic heterocycles. The Labute approximate surface area is 87.2 Å². The molecule has 0 amide bonds. The second kappa shape index (κ2) is 4.17. The molecule has 3 heteroatoms. The number of likely N-dealkylation sites (N-methyl/N-ethyl adjacent to an activating group) is 1. The maximum absolute atomic E-state index is 6.02. The minimum Gasteiger partial charge on any atom is -0.327 e. The predicted octanol–water partition coefficient (Wildman–Crippen LogP) is 0.360. The van der Waals surface area contributed by atoms with Crippen molar-refractivity contribution < 1.29 is 0 Å². The summed E-state index contributed by atoms with van der Waals surface area (Å²) < 4.78 is 0. The summed E-state index contributed by atoms with van der Waals surface area (Å²) in [5.74, 6) is 0.680. The van der Waals surface area contributed by atoms with E-state index in [2.05, 4.69) is 23.6 Å². The maximum atomic E-state index is 6.02. The minimum absolute atomic E-state index is 0.439. The first-order valence-electron chi connectivity index (χ1n) is 5.92. The van der Waals surface area contributed by atoms with E-state index in [0.717, 1.165) is 6.04 Å². The van der Waals surface area contributed by atoms with Gasteiger partial charge in [-0.1, -0.05) is 13.8 Å². The molecule has 2 rings (SSSR count). The quantitative estimate of drug-likeness (QED) is 0.694. The second-order valence-corrected chi connectivity index (χ2v) is 4.93. The van der Waals surface area contributed by atoms with E-state index in [1.54, 1.807) is 0 Å². The molecular weight excluding hydrogens is 174 g/mol. The normalized spacial score (nSPS) is 37.1. The zero-order valence-electron chi connectivity index (χ0n) is 9.45. The van der Waals surface area contributed by atoms with Crippen molar-refractivity contribution >= 4 is 0 Å². The molecule has 0 aromatic carbocycles. The summed E-state index contributed by atoms with van der Waals surface area (Å²) in [5, 5.41) is 0. The molecule has 0 spiro atoms. The van der Waals surface area contributed by atoms with Crippen molar-refractivity contribution in [3.8, 4) is 0 Å². The lowest BCUT2D eigenvalue weighted by Crippen LogP contribution is -2.62. The van der Waals surface area contributed by atoms with Crippen LogP contribution in [0.15, 0.2) is 0 Å². The first kappa shape index (κ1) is 10.4. The van der Waals surface area contributed by atoms with Crippen LogP contribution in [0, 0.1) is 5.92 Å². The summed E-state index contributed by atoms with van der Waals surface area (Å²) >= 11 is 0. The third kappa shape index (κ3) is 1.95. The number of piperidine rings is 1. The summed E-state index contributed by atoms with van der Waals surface area (Å²) in [6.07, 6.45) is 1.18. The van der Waals surface area contributed by atoms with E-state index in [-0.39, 0.29) is 0 Å². The van der Waals surface area contributed by atoms with Crippen LogP contribution in [-0.2, 0) is 0 Å². The topological polar surface area (TPSA) is 32.5 Å². The van der Waals surface area contributed by atoms with Gasteiger partial charge in [-0.3, -0.25) is 4.90 Å². The Bertz CT molecular complexity index is 189. The highest BCUT2D eigenvalue weighted by Gasteiger charge is 2.34. The fourth-order valence-corrected chi connectivity index (χ4v) is 2.56. The van der Waals surface area contributed by atoms with Crippen LogP contribution in [0.25, 0.3) is 0 Å². The molecule has 82 valence electrons. The van der Waals surface area contributed by atoms with Crippen molar-refractivity contribution in [3.63, 3.8) is 0 Å². The number of nitrogens with zero attached hydrogens (tertiary/aromatic N) is 2. The van der Waals surface area contributed by atoms with E-state index >= 15 is 0 Å². The molecule has 0 saturated carbocycles. The van der Waals surface area contributed by atoms with Gasteiger partial charge in [0.25, 0.3) is 0 Å². The summed E-state index contributed by atoms with van der Waals surface area (Å²) in [6, 6.07) is 1.26. The molecule has 0 aromatic rings. The van der Waals surface area contributed by atoms with E-state index in [0.29, 0.717) is 12.0 Å². The van der Waals surface area contributed by atoms with Gasteiger partial charge in [-0.15, -0.1) is 0 Å². The monoisotopic (exact) mass is 197 g/mol. The standard InChI is InChI=1S/C11H23N3/c1-3-13-7-10(8-13)14-5-4-11(12)9(2)6-14/h9-11H,3-8,12H2,1-2H3. The number of hydrogen-bond acceptors (Lipinski definition) is 3. The van der Waals surface area contributed by atoms with Crippen LogP contribution in [0.3, 0.4) is 0 Å². The number of likely N-dealkylation sites (tertiary alicyclic amines) is 2. The number of rotatable bonds is 2. The zero-order valence-corrected chi connectivity index (χ0v) is 9.45. The number of nitrogens with two attached hydrogens (primary N) is 1. The van der Waals surface area contributed by atoms with Crippen molar-refractivity contribution in [1.82, 2.24) is 9.80 Å². The first-order valence-corrected chi connectivity index (χ1v) is 5.92. The molecular formula is C11H23N3. The fourth-order valence-electron chi connectivity index (χ4n) is 2.56. The zero-order chi connectivity index (χ0) is 10.1. The molecule has 2 fully saturated rings. The lowest BCUT2D eigenvalue weighted by atomic mass is 9.92. The molecule has 2 saturated heterocycles. The minimum atomic E-state index is 0.439. The average Bonchev–Trinajstić information content (AvgIpc) is 2.09. The van der Waals surface area contributed by atoms with Gasteiger partial charge in [-0.2, -0.15) is 0 Å². The second-order valence-electron chi connectivity index (χ2n) is 4.93. The van der Waals surface area contributed by atoms with Crippen LogP contribution in [0.2, 0.25) is 0 Å².